The first-order chi connectivity index (χ1) is 10.3. The minimum absolute atomic E-state index is 0.0206. The third-order valence-electron chi connectivity index (χ3n) is 3.30. The molecule has 0 saturated carbocycles. The molecule has 0 saturated heterocycles. The van der Waals surface area contributed by atoms with E-state index in [4.69, 9.17) is 15.7 Å². The van der Waals surface area contributed by atoms with E-state index >= 15 is 0 Å². The molecular weight excluding hydrogens is 278 g/mol. The van der Waals surface area contributed by atoms with Crippen molar-refractivity contribution < 1.29 is 9.94 Å². The number of nitrogens with zero attached hydrogens (tertiary/aromatic N) is 2. The smallest absolute Gasteiger partial charge is 0.219 e. The van der Waals surface area contributed by atoms with Crippen LogP contribution in [0.5, 0.6) is 11.6 Å². The van der Waals surface area contributed by atoms with Crippen molar-refractivity contribution in [2.24, 2.45) is 10.9 Å². The van der Waals surface area contributed by atoms with Crippen LogP contribution >= 0.6 is 0 Å². The third kappa shape index (κ3) is 3.55. The zero-order valence-corrected chi connectivity index (χ0v) is 13.3. The van der Waals surface area contributed by atoms with Gasteiger partial charge in [-0.3, -0.25) is 0 Å². The number of amidine groups is 1. The molecule has 1 aromatic carbocycles. The fraction of sp³-hybridized carbons (Fsp3) is 0.294. The van der Waals surface area contributed by atoms with E-state index < -0.39 is 0 Å². The molecule has 5 nitrogen and oxygen atoms in total. The first-order valence-corrected chi connectivity index (χ1v) is 7.04. The Labute approximate surface area is 130 Å². The molecule has 0 amide bonds. The lowest BCUT2D eigenvalue weighted by Crippen LogP contribution is -2.14. The van der Waals surface area contributed by atoms with Crippen molar-refractivity contribution in [3.8, 4) is 11.6 Å². The summed E-state index contributed by atoms with van der Waals surface area (Å²) in [5.41, 5.74) is 8.37. The number of pyridine rings is 1. The van der Waals surface area contributed by atoms with Gasteiger partial charge < -0.3 is 15.7 Å². The van der Waals surface area contributed by atoms with Crippen molar-refractivity contribution in [3.05, 3.63) is 53.2 Å². The van der Waals surface area contributed by atoms with Gasteiger partial charge in [0.1, 0.15) is 5.75 Å². The van der Waals surface area contributed by atoms with Gasteiger partial charge in [-0.15, -0.1) is 0 Å². The standard InChI is InChI=1S/C17H21N3O2/c1-11-5-6-14(13(9-11)17(2,3)4)22-15-10-12(7-8-19-15)16(18)20-21/h5-10,21H,1-4H3,(H2,18,20). The number of aromatic nitrogens is 1. The zero-order chi connectivity index (χ0) is 16.3. The Hall–Kier alpha value is -2.56. The fourth-order valence-corrected chi connectivity index (χ4v) is 2.11. The van der Waals surface area contributed by atoms with Gasteiger partial charge in [0, 0.05) is 23.4 Å². The molecule has 0 spiro atoms. The van der Waals surface area contributed by atoms with Gasteiger partial charge in [-0.2, -0.15) is 0 Å². The number of hydrogen-bond donors (Lipinski definition) is 2. The highest BCUT2D eigenvalue weighted by Crippen LogP contribution is 2.34. The van der Waals surface area contributed by atoms with Crippen molar-refractivity contribution in [1.29, 1.82) is 0 Å². The molecule has 0 bridgehead atoms. The van der Waals surface area contributed by atoms with Crippen LogP contribution in [0.15, 0.2) is 41.7 Å². The molecule has 0 fully saturated rings. The molecule has 2 rings (SSSR count). The Balaban J connectivity index is 2.40. The third-order valence-corrected chi connectivity index (χ3v) is 3.30. The van der Waals surface area contributed by atoms with Gasteiger partial charge in [0.2, 0.25) is 5.88 Å². The number of hydrogen-bond acceptors (Lipinski definition) is 4. The van der Waals surface area contributed by atoms with Crippen LogP contribution in [0.3, 0.4) is 0 Å². The molecule has 3 N–H and O–H groups in total. The van der Waals surface area contributed by atoms with Crippen LogP contribution in [0.1, 0.15) is 37.5 Å². The lowest BCUT2D eigenvalue weighted by molar-refractivity contribution is 0.318. The summed E-state index contributed by atoms with van der Waals surface area (Å²) in [6.45, 7) is 8.45. The van der Waals surface area contributed by atoms with E-state index in [0.717, 1.165) is 11.3 Å². The number of ether oxygens (including phenoxy) is 1. The number of oxime groups is 1. The average molecular weight is 299 g/mol. The molecule has 0 aliphatic heterocycles. The second-order valence-corrected chi connectivity index (χ2v) is 6.22. The Morgan fingerprint density at radius 3 is 2.59 bits per heavy atom. The van der Waals surface area contributed by atoms with Gasteiger partial charge in [0.15, 0.2) is 5.84 Å². The molecule has 2 aromatic rings. The highest BCUT2D eigenvalue weighted by Gasteiger charge is 2.20. The largest absolute Gasteiger partial charge is 0.439 e. The molecule has 22 heavy (non-hydrogen) atoms. The van der Waals surface area contributed by atoms with Gasteiger partial charge in [-0.25, -0.2) is 4.98 Å². The maximum atomic E-state index is 8.75. The topological polar surface area (TPSA) is 80.7 Å². The maximum Gasteiger partial charge on any atom is 0.219 e. The first-order valence-electron chi connectivity index (χ1n) is 7.04. The van der Waals surface area contributed by atoms with Gasteiger partial charge >= 0.3 is 0 Å². The second-order valence-electron chi connectivity index (χ2n) is 6.22. The van der Waals surface area contributed by atoms with Gasteiger partial charge in [0.05, 0.1) is 0 Å². The van der Waals surface area contributed by atoms with Crippen molar-refractivity contribution >= 4 is 5.84 Å². The SMILES string of the molecule is Cc1ccc(Oc2cc(/C(N)=N/O)ccn2)c(C(C)(C)C)c1. The molecule has 0 unspecified atom stereocenters. The summed E-state index contributed by atoms with van der Waals surface area (Å²) in [6.07, 6.45) is 1.56. The van der Waals surface area contributed by atoms with Crippen molar-refractivity contribution in [1.82, 2.24) is 4.98 Å². The van der Waals surface area contributed by atoms with Crippen LogP contribution in [0, 0.1) is 6.92 Å². The van der Waals surface area contributed by atoms with E-state index in [9.17, 15) is 0 Å². The molecule has 0 aliphatic rings. The van der Waals surface area contributed by atoms with Crippen LogP contribution in [0.4, 0.5) is 0 Å². The Bertz CT molecular complexity index is 703. The predicted octanol–water partition coefficient (Wildman–Crippen LogP) is 3.57. The summed E-state index contributed by atoms with van der Waals surface area (Å²) in [4.78, 5) is 4.18. The van der Waals surface area contributed by atoms with E-state index in [1.165, 1.54) is 5.56 Å². The zero-order valence-electron chi connectivity index (χ0n) is 13.3. The molecule has 0 radical (unpaired) electrons. The van der Waals surface area contributed by atoms with Gasteiger partial charge in [-0.05, 0) is 24.5 Å². The van der Waals surface area contributed by atoms with E-state index in [2.05, 4.69) is 43.9 Å². The van der Waals surface area contributed by atoms with Crippen molar-refractivity contribution in [2.45, 2.75) is 33.1 Å². The van der Waals surface area contributed by atoms with Crippen LogP contribution in [-0.4, -0.2) is 16.0 Å². The summed E-state index contributed by atoms with van der Waals surface area (Å²) >= 11 is 0. The summed E-state index contributed by atoms with van der Waals surface area (Å²) in [6, 6.07) is 9.34. The molecular formula is C17H21N3O2. The highest BCUT2D eigenvalue weighted by molar-refractivity contribution is 5.97. The highest BCUT2D eigenvalue weighted by atomic mass is 16.5. The maximum absolute atomic E-state index is 8.75. The second kappa shape index (κ2) is 6.05. The number of rotatable bonds is 3. The van der Waals surface area contributed by atoms with Crippen LogP contribution < -0.4 is 10.5 Å². The normalized spacial score (nSPS) is 12.3. The van der Waals surface area contributed by atoms with Crippen LogP contribution in [0.2, 0.25) is 0 Å². The van der Waals surface area contributed by atoms with E-state index in [1.807, 2.05) is 12.1 Å². The summed E-state index contributed by atoms with van der Waals surface area (Å²) in [5, 5.41) is 11.7. The number of benzene rings is 1. The predicted molar refractivity (Wildman–Crippen MR) is 86.7 cm³/mol. The molecule has 116 valence electrons. The molecule has 1 aromatic heterocycles. The summed E-state index contributed by atoms with van der Waals surface area (Å²) in [5.74, 6) is 1.17. The van der Waals surface area contributed by atoms with Crippen molar-refractivity contribution in [2.75, 3.05) is 0 Å². The number of nitrogens with two attached hydrogens (primary N) is 1. The van der Waals surface area contributed by atoms with Gasteiger partial charge in [-0.1, -0.05) is 43.6 Å². The summed E-state index contributed by atoms with van der Waals surface area (Å²) < 4.78 is 5.92. The lowest BCUT2D eigenvalue weighted by Gasteiger charge is -2.23. The Kier molecular flexibility index (Phi) is 4.35. The van der Waals surface area contributed by atoms with Gasteiger partial charge in [0.25, 0.3) is 0 Å². The quantitative estimate of drug-likeness (QED) is 0.393. The minimum atomic E-state index is -0.0510. The minimum Gasteiger partial charge on any atom is -0.439 e. The summed E-state index contributed by atoms with van der Waals surface area (Å²) in [7, 11) is 0. The average Bonchev–Trinajstić information content (AvgIpc) is 2.47. The molecule has 5 heteroatoms. The van der Waals surface area contributed by atoms with E-state index in [0.29, 0.717) is 11.4 Å². The molecule has 1 heterocycles. The van der Waals surface area contributed by atoms with Crippen molar-refractivity contribution in [3.63, 3.8) is 0 Å². The van der Waals surface area contributed by atoms with E-state index in [-0.39, 0.29) is 11.3 Å². The lowest BCUT2D eigenvalue weighted by atomic mass is 9.85. The Morgan fingerprint density at radius 2 is 1.95 bits per heavy atom. The van der Waals surface area contributed by atoms with E-state index in [1.54, 1.807) is 18.3 Å². The monoisotopic (exact) mass is 299 g/mol. The Morgan fingerprint density at radius 1 is 1.23 bits per heavy atom. The first kappa shape index (κ1) is 15.8. The fourth-order valence-electron chi connectivity index (χ4n) is 2.11. The van der Waals surface area contributed by atoms with Crippen LogP contribution in [-0.2, 0) is 5.41 Å². The molecule has 0 atom stereocenters. The number of aryl methyl sites for hydroxylation is 1. The molecule has 0 aliphatic carbocycles. The van der Waals surface area contributed by atoms with Crippen LogP contribution in [0.25, 0.3) is 0 Å².